The highest BCUT2D eigenvalue weighted by molar-refractivity contribution is 5.19. The molecule has 0 fully saturated rings. The van der Waals surface area contributed by atoms with Crippen LogP contribution in [0.25, 0.3) is 0 Å². The Morgan fingerprint density at radius 3 is 2.58 bits per heavy atom. The molecule has 12 heavy (non-hydrogen) atoms. The van der Waals surface area contributed by atoms with E-state index < -0.39 is 0 Å². The van der Waals surface area contributed by atoms with Crippen molar-refractivity contribution in [1.82, 2.24) is 0 Å². The molecule has 70 valence electrons. The number of allylic oxidation sites excluding steroid dienone is 2. The summed E-state index contributed by atoms with van der Waals surface area (Å²) in [6.45, 7) is 9.35. The van der Waals surface area contributed by atoms with E-state index in [0.29, 0.717) is 0 Å². The standard InChI is InChI=1S/C12H22/c1-5-11-8-10(4)6-7-12(11)9(2)3/h9-10H,5-8H2,1-4H3. The number of hydrogen-bond donors (Lipinski definition) is 0. The minimum Gasteiger partial charge on any atom is -0.0708 e. The van der Waals surface area contributed by atoms with Crippen molar-refractivity contribution in [1.29, 1.82) is 0 Å². The van der Waals surface area contributed by atoms with Crippen LogP contribution in [0.4, 0.5) is 0 Å². The molecule has 1 aliphatic carbocycles. The van der Waals surface area contributed by atoms with Gasteiger partial charge < -0.3 is 0 Å². The van der Waals surface area contributed by atoms with Gasteiger partial charge in [0.2, 0.25) is 0 Å². The molecular weight excluding hydrogens is 144 g/mol. The summed E-state index contributed by atoms with van der Waals surface area (Å²) in [5.41, 5.74) is 3.51. The predicted octanol–water partition coefficient (Wildman–Crippen LogP) is 4.17. The molecule has 0 aromatic carbocycles. The lowest BCUT2D eigenvalue weighted by Crippen LogP contribution is -2.10. The quantitative estimate of drug-likeness (QED) is 0.540. The zero-order chi connectivity index (χ0) is 9.14. The molecule has 0 heterocycles. The molecule has 0 heteroatoms. The van der Waals surface area contributed by atoms with E-state index in [-0.39, 0.29) is 0 Å². The fraction of sp³-hybridized carbons (Fsp3) is 0.833. The summed E-state index contributed by atoms with van der Waals surface area (Å²) in [4.78, 5) is 0. The Balaban J connectivity index is 2.76. The minimum atomic E-state index is 0.785. The second-order valence-electron chi connectivity index (χ2n) is 4.49. The first kappa shape index (κ1) is 9.83. The summed E-state index contributed by atoms with van der Waals surface area (Å²) in [5, 5.41) is 0. The lowest BCUT2D eigenvalue weighted by molar-refractivity contribution is 0.464. The van der Waals surface area contributed by atoms with Crippen LogP contribution < -0.4 is 0 Å². The first-order chi connectivity index (χ1) is 5.65. The zero-order valence-electron chi connectivity index (χ0n) is 8.98. The monoisotopic (exact) mass is 166 g/mol. The maximum atomic E-state index is 2.38. The zero-order valence-corrected chi connectivity index (χ0v) is 8.98. The highest BCUT2D eigenvalue weighted by atomic mass is 14.2. The van der Waals surface area contributed by atoms with E-state index in [4.69, 9.17) is 0 Å². The van der Waals surface area contributed by atoms with Crippen molar-refractivity contribution >= 4 is 0 Å². The Morgan fingerprint density at radius 1 is 1.42 bits per heavy atom. The Bertz CT molecular complexity index is 174. The van der Waals surface area contributed by atoms with E-state index in [9.17, 15) is 0 Å². The van der Waals surface area contributed by atoms with Crippen molar-refractivity contribution in [3.63, 3.8) is 0 Å². The third-order valence-corrected chi connectivity index (χ3v) is 3.08. The Kier molecular flexibility index (Phi) is 3.37. The Morgan fingerprint density at radius 2 is 2.08 bits per heavy atom. The largest absolute Gasteiger partial charge is 0.0708 e. The molecule has 1 aliphatic rings. The number of rotatable bonds is 2. The first-order valence-corrected chi connectivity index (χ1v) is 5.35. The van der Waals surface area contributed by atoms with Crippen LogP contribution in [0, 0.1) is 11.8 Å². The normalized spacial score (nSPS) is 25.2. The maximum Gasteiger partial charge on any atom is -0.0257 e. The first-order valence-electron chi connectivity index (χ1n) is 5.35. The molecule has 0 radical (unpaired) electrons. The van der Waals surface area contributed by atoms with Gasteiger partial charge in [0.1, 0.15) is 0 Å². The van der Waals surface area contributed by atoms with Gasteiger partial charge in [0.05, 0.1) is 0 Å². The van der Waals surface area contributed by atoms with Gasteiger partial charge in [-0.05, 0) is 37.5 Å². The van der Waals surface area contributed by atoms with Gasteiger partial charge in [0.25, 0.3) is 0 Å². The average molecular weight is 166 g/mol. The summed E-state index contributed by atoms with van der Waals surface area (Å²) in [5.74, 6) is 1.72. The molecule has 0 spiro atoms. The van der Waals surface area contributed by atoms with Gasteiger partial charge in [0.15, 0.2) is 0 Å². The minimum absolute atomic E-state index is 0.785. The molecule has 1 unspecified atom stereocenters. The van der Waals surface area contributed by atoms with Gasteiger partial charge in [-0.1, -0.05) is 38.8 Å². The van der Waals surface area contributed by atoms with Crippen molar-refractivity contribution in [2.24, 2.45) is 11.8 Å². The molecule has 0 aliphatic heterocycles. The predicted molar refractivity (Wildman–Crippen MR) is 55.2 cm³/mol. The lowest BCUT2D eigenvalue weighted by atomic mass is 9.80. The molecule has 0 aromatic heterocycles. The van der Waals surface area contributed by atoms with Crippen LogP contribution in [-0.2, 0) is 0 Å². The van der Waals surface area contributed by atoms with Gasteiger partial charge in [-0.15, -0.1) is 0 Å². The van der Waals surface area contributed by atoms with Crippen LogP contribution in [0.2, 0.25) is 0 Å². The molecule has 0 nitrogen and oxygen atoms in total. The van der Waals surface area contributed by atoms with Gasteiger partial charge in [-0.2, -0.15) is 0 Å². The fourth-order valence-corrected chi connectivity index (χ4v) is 2.30. The molecular formula is C12H22. The van der Waals surface area contributed by atoms with Gasteiger partial charge in [-0.3, -0.25) is 0 Å². The second kappa shape index (κ2) is 4.11. The third-order valence-electron chi connectivity index (χ3n) is 3.08. The fourth-order valence-electron chi connectivity index (χ4n) is 2.30. The molecule has 0 N–H and O–H groups in total. The van der Waals surface area contributed by atoms with Crippen molar-refractivity contribution in [2.75, 3.05) is 0 Å². The van der Waals surface area contributed by atoms with Gasteiger partial charge >= 0.3 is 0 Å². The van der Waals surface area contributed by atoms with Crippen molar-refractivity contribution in [2.45, 2.75) is 53.4 Å². The van der Waals surface area contributed by atoms with Crippen molar-refractivity contribution in [3.05, 3.63) is 11.1 Å². The van der Waals surface area contributed by atoms with E-state index in [0.717, 1.165) is 11.8 Å². The maximum absolute atomic E-state index is 2.38. The van der Waals surface area contributed by atoms with Crippen molar-refractivity contribution in [3.8, 4) is 0 Å². The molecule has 1 atom stereocenters. The smallest absolute Gasteiger partial charge is 0.0257 e. The average Bonchev–Trinajstić information content (AvgIpc) is 2.03. The summed E-state index contributed by atoms with van der Waals surface area (Å²) >= 11 is 0. The second-order valence-corrected chi connectivity index (χ2v) is 4.49. The SMILES string of the molecule is CCC1=C(C(C)C)CCC(C)C1. The van der Waals surface area contributed by atoms with Crippen LogP contribution >= 0.6 is 0 Å². The highest BCUT2D eigenvalue weighted by Crippen LogP contribution is 2.34. The van der Waals surface area contributed by atoms with Crippen LogP contribution in [0.5, 0.6) is 0 Å². The lowest BCUT2D eigenvalue weighted by Gasteiger charge is -2.26. The Hall–Kier alpha value is -0.260. The molecule has 0 saturated carbocycles. The summed E-state index contributed by atoms with van der Waals surface area (Å²) in [7, 11) is 0. The topological polar surface area (TPSA) is 0 Å². The summed E-state index contributed by atoms with van der Waals surface area (Å²) in [6.07, 6.45) is 5.42. The van der Waals surface area contributed by atoms with Crippen LogP contribution in [0.1, 0.15) is 53.4 Å². The molecule has 0 aromatic rings. The molecule has 0 amide bonds. The molecule has 1 rings (SSSR count). The third kappa shape index (κ3) is 2.12. The summed E-state index contributed by atoms with van der Waals surface area (Å²) < 4.78 is 0. The van der Waals surface area contributed by atoms with E-state index in [1.807, 2.05) is 0 Å². The van der Waals surface area contributed by atoms with Crippen LogP contribution in [0.15, 0.2) is 11.1 Å². The molecule has 0 saturated heterocycles. The van der Waals surface area contributed by atoms with Gasteiger partial charge in [-0.25, -0.2) is 0 Å². The highest BCUT2D eigenvalue weighted by Gasteiger charge is 2.18. The Labute approximate surface area is 77.1 Å². The van der Waals surface area contributed by atoms with E-state index in [2.05, 4.69) is 27.7 Å². The van der Waals surface area contributed by atoms with Crippen LogP contribution in [0.3, 0.4) is 0 Å². The molecule has 0 bridgehead atoms. The number of hydrogen-bond acceptors (Lipinski definition) is 0. The summed E-state index contributed by atoms with van der Waals surface area (Å²) in [6, 6.07) is 0. The van der Waals surface area contributed by atoms with Crippen molar-refractivity contribution < 1.29 is 0 Å². The van der Waals surface area contributed by atoms with E-state index >= 15 is 0 Å². The van der Waals surface area contributed by atoms with E-state index in [1.165, 1.54) is 25.7 Å². The van der Waals surface area contributed by atoms with Crippen LogP contribution in [-0.4, -0.2) is 0 Å². The van der Waals surface area contributed by atoms with Gasteiger partial charge in [0, 0.05) is 0 Å². The van der Waals surface area contributed by atoms with E-state index in [1.54, 1.807) is 11.1 Å².